The lowest BCUT2D eigenvalue weighted by Crippen LogP contribution is -2.56. The van der Waals surface area contributed by atoms with Crippen molar-refractivity contribution in [3.8, 4) is 0 Å². The van der Waals surface area contributed by atoms with Crippen molar-refractivity contribution >= 4 is 0 Å². The zero-order valence-electron chi connectivity index (χ0n) is 11.6. The van der Waals surface area contributed by atoms with Crippen molar-refractivity contribution in [1.29, 1.82) is 0 Å². The molecule has 0 amide bonds. The van der Waals surface area contributed by atoms with E-state index in [0.717, 1.165) is 18.0 Å². The molecule has 2 heterocycles. The van der Waals surface area contributed by atoms with E-state index in [1.165, 1.54) is 45.1 Å². The molecular weight excluding hydrogens is 232 g/mol. The molecule has 0 radical (unpaired) electrons. The minimum atomic E-state index is 0.459. The first-order chi connectivity index (χ1) is 9.31. The lowest BCUT2D eigenvalue weighted by molar-refractivity contribution is 0.0244. The predicted octanol–water partition coefficient (Wildman–Crippen LogP) is 2.67. The molecule has 0 aromatic heterocycles. The molecule has 3 aliphatic rings. The number of piperidine rings is 2. The summed E-state index contributed by atoms with van der Waals surface area (Å²) in [7, 11) is 0. The summed E-state index contributed by atoms with van der Waals surface area (Å²) >= 11 is 0. The van der Waals surface area contributed by atoms with E-state index in [4.69, 9.17) is 5.73 Å². The molecule has 0 saturated carbocycles. The number of fused-ring (bicyclic) bond motifs is 3. The highest BCUT2D eigenvalue weighted by atomic mass is 15.2. The van der Waals surface area contributed by atoms with Gasteiger partial charge in [0, 0.05) is 30.6 Å². The van der Waals surface area contributed by atoms with Crippen LogP contribution in [0.3, 0.4) is 0 Å². The average Bonchev–Trinajstić information content (AvgIpc) is 2.36. The summed E-state index contributed by atoms with van der Waals surface area (Å²) in [5.74, 6) is 0.786. The van der Waals surface area contributed by atoms with Gasteiger partial charge in [0.05, 0.1) is 0 Å². The van der Waals surface area contributed by atoms with Crippen LogP contribution in [0.4, 0.5) is 0 Å². The second-order valence-electron chi connectivity index (χ2n) is 6.77. The number of hydrogen-bond acceptors (Lipinski definition) is 2. The van der Waals surface area contributed by atoms with Crippen molar-refractivity contribution in [3.63, 3.8) is 0 Å². The van der Waals surface area contributed by atoms with Crippen molar-refractivity contribution < 1.29 is 0 Å². The first-order valence-electron chi connectivity index (χ1n) is 7.90. The highest BCUT2D eigenvalue weighted by Gasteiger charge is 2.39. The maximum Gasteiger partial charge on any atom is 0.0113 e. The second kappa shape index (κ2) is 4.60. The van der Waals surface area contributed by atoms with Gasteiger partial charge in [0.25, 0.3) is 0 Å². The van der Waals surface area contributed by atoms with Gasteiger partial charge in [-0.05, 0) is 43.2 Å². The van der Waals surface area contributed by atoms with Crippen LogP contribution in [0.2, 0.25) is 0 Å². The highest BCUT2D eigenvalue weighted by Crippen LogP contribution is 2.40. The highest BCUT2D eigenvalue weighted by molar-refractivity contribution is 5.40. The van der Waals surface area contributed by atoms with Crippen molar-refractivity contribution in [2.75, 3.05) is 6.54 Å². The van der Waals surface area contributed by atoms with Gasteiger partial charge in [0.2, 0.25) is 0 Å². The molecule has 2 saturated heterocycles. The van der Waals surface area contributed by atoms with Gasteiger partial charge in [-0.2, -0.15) is 0 Å². The third-order valence-electron chi connectivity index (χ3n) is 5.55. The number of hydrogen-bond donors (Lipinski definition) is 1. The van der Waals surface area contributed by atoms with E-state index in [1.54, 1.807) is 11.1 Å². The first-order valence-corrected chi connectivity index (χ1v) is 7.90. The van der Waals surface area contributed by atoms with Crippen LogP contribution in [0.15, 0.2) is 24.3 Å². The monoisotopic (exact) mass is 256 g/mol. The third kappa shape index (κ3) is 2.02. The number of nitrogens with two attached hydrogens (primary N) is 1. The maximum absolute atomic E-state index is 6.21. The fourth-order valence-electron chi connectivity index (χ4n) is 4.60. The summed E-state index contributed by atoms with van der Waals surface area (Å²) in [5, 5.41) is 0. The van der Waals surface area contributed by atoms with Gasteiger partial charge < -0.3 is 5.73 Å². The zero-order chi connectivity index (χ0) is 12.8. The molecule has 1 aromatic carbocycles. The van der Waals surface area contributed by atoms with Gasteiger partial charge in [-0.25, -0.2) is 0 Å². The molecule has 1 aliphatic carbocycles. The Labute approximate surface area is 116 Å². The summed E-state index contributed by atoms with van der Waals surface area (Å²) in [5.41, 5.74) is 9.40. The Balaban J connectivity index is 1.49. The molecule has 2 aliphatic heterocycles. The van der Waals surface area contributed by atoms with Crippen molar-refractivity contribution in [3.05, 3.63) is 35.4 Å². The average molecular weight is 256 g/mol. The van der Waals surface area contributed by atoms with Gasteiger partial charge in [0.15, 0.2) is 0 Å². The number of rotatable bonds is 2. The summed E-state index contributed by atoms with van der Waals surface area (Å²) in [6, 6.07) is 11.0. The standard InChI is InChI=1S/C17H24N2/c18-14-9-15-5-3-6-16(10-14)19(15)11-13-8-12-4-1-2-7-17(12)13/h1-2,4,7,13-16H,3,5-6,8-11,18H2. The Bertz CT molecular complexity index is 456. The Hall–Kier alpha value is -0.860. The molecule has 3 unspecified atom stereocenters. The quantitative estimate of drug-likeness (QED) is 0.881. The first kappa shape index (κ1) is 11.9. The lowest BCUT2D eigenvalue weighted by Gasteiger charge is -2.50. The largest absolute Gasteiger partial charge is 0.328 e. The molecule has 2 bridgehead atoms. The zero-order valence-corrected chi connectivity index (χ0v) is 11.6. The van der Waals surface area contributed by atoms with Crippen LogP contribution >= 0.6 is 0 Å². The van der Waals surface area contributed by atoms with E-state index < -0.39 is 0 Å². The Morgan fingerprint density at radius 3 is 2.58 bits per heavy atom. The van der Waals surface area contributed by atoms with E-state index in [0.29, 0.717) is 6.04 Å². The van der Waals surface area contributed by atoms with Crippen LogP contribution < -0.4 is 5.73 Å². The van der Waals surface area contributed by atoms with E-state index in [2.05, 4.69) is 29.2 Å². The smallest absolute Gasteiger partial charge is 0.0113 e. The van der Waals surface area contributed by atoms with Crippen molar-refractivity contribution in [1.82, 2.24) is 4.90 Å². The molecule has 2 N–H and O–H groups in total. The summed E-state index contributed by atoms with van der Waals surface area (Å²) in [6.07, 6.45) is 7.91. The number of benzene rings is 1. The van der Waals surface area contributed by atoms with Gasteiger partial charge in [-0.3, -0.25) is 4.90 Å². The van der Waals surface area contributed by atoms with Crippen molar-refractivity contribution in [2.24, 2.45) is 5.73 Å². The van der Waals surface area contributed by atoms with Gasteiger partial charge >= 0.3 is 0 Å². The predicted molar refractivity (Wildman–Crippen MR) is 78.2 cm³/mol. The molecule has 4 rings (SSSR count). The molecule has 0 spiro atoms. The molecule has 2 fully saturated rings. The van der Waals surface area contributed by atoms with Crippen molar-refractivity contribution in [2.45, 2.75) is 62.6 Å². The van der Waals surface area contributed by atoms with E-state index in [1.807, 2.05) is 0 Å². The van der Waals surface area contributed by atoms with Crippen LogP contribution in [0.25, 0.3) is 0 Å². The third-order valence-corrected chi connectivity index (χ3v) is 5.55. The SMILES string of the molecule is NC1CC2CCCC(C1)N2CC1Cc2ccccc21. The van der Waals surface area contributed by atoms with Crippen LogP contribution in [-0.2, 0) is 6.42 Å². The lowest BCUT2D eigenvalue weighted by atomic mass is 9.75. The summed E-state index contributed by atoms with van der Waals surface area (Å²) < 4.78 is 0. The van der Waals surface area contributed by atoms with Gasteiger partial charge in [-0.15, -0.1) is 0 Å². The van der Waals surface area contributed by atoms with E-state index in [9.17, 15) is 0 Å². The molecule has 2 heteroatoms. The molecule has 102 valence electrons. The Morgan fingerprint density at radius 1 is 1.11 bits per heavy atom. The summed E-state index contributed by atoms with van der Waals surface area (Å²) in [4.78, 5) is 2.81. The van der Waals surface area contributed by atoms with Crippen LogP contribution in [0.5, 0.6) is 0 Å². The van der Waals surface area contributed by atoms with Gasteiger partial charge in [0.1, 0.15) is 0 Å². The van der Waals surface area contributed by atoms with E-state index >= 15 is 0 Å². The molecular formula is C17H24N2. The summed E-state index contributed by atoms with van der Waals surface area (Å²) in [6.45, 7) is 1.28. The molecule has 3 atom stereocenters. The van der Waals surface area contributed by atoms with E-state index in [-0.39, 0.29) is 0 Å². The molecule has 2 nitrogen and oxygen atoms in total. The Kier molecular flexibility index (Phi) is 2.89. The maximum atomic E-state index is 6.21. The van der Waals surface area contributed by atoms with Crippen LogP contribution in [0.1, 0.15) is 49.1 Å². The topological polar surface area (TPSA) is 29.3 Å². The minimum absolute atomic E-state index is 0.459. The minimum Gasteiger partial charge on any atom is -0.328 e. The van der Waals surface area contributed by atoms with Crippen LogP contribution in [0, 0.1) is 0 Å². The fraction of sp³-hybridized carbons (Fsp3) is 0.647. The Morgan fingerprint density at radius 2 is 1.84 bits per heavy atom. The fourth-order valence-corrected chi connectivity index (χ4v) is 4.60. The van der Waals surface area contributed by atoms with Gasteiger partial charge in [-0.1, -0.05) is 30.7 Å². The second-order valence-corrected chi connectivity index (χ2v) is 6.77. The van der Waals surface area contributed by atoms with Crippen LogP contribution in [-0.4, -0.2) is 29.6 Å². The molecule has 1 aromatic rings. The molecule has 19 heavy (non-hydrogen) atoms. The normalized spacial score (nSPS) is 37.5. The number of nitrogens with zero attached hydrogens (tertiary/aromatic N) is 1.